The quantitative estimate of drug-likeness (QED) is 0.810. The van der Waals surface area contributed by atoms with E-state index in [0.29, 0.717) is 5.92 Å². The van der Waals surface area contributed by atoms with E-state index >= 15 is 0 Å². The average molecular weight is 281 g/mol. The normalized spacial score (nSPS) is 16.7. The lowest BCUT2D eigenvalue weighted by molar-refractivity contribution is 0.430. The Morgan fingerprint density at radius 3 is 2.81 bits per heavy atom. The number of halogens is 1. The van der Waals surface area contributed by atoms with Gasteiger partial charge in [0.25, 0.3) is 0 Å². The zero-order valence-corrected chi connectivity index (χ0v) is 10.9. The molecule has 0 aliphatic carbocycles. The maximum Gasteiger partial charge on any atom is 0.157 e. The van der Waals surface area contributed by atoms with Crippen molar-refractivity contribution in [1.29, 1.82) is 0 Å². The molecule has 0 unspecified atom stereocenters. The van der Waals surface area contributed by atoms with E-state index in [1.807, 2.05) is 4.52 Å². The zero-order chi connectivity index (χ0) is 11.3. The second-order valence-electron chi connectivity index (χ2n) is 4.34. The molecule has 0 aromatic carbocycles. The molecule has 0 amide bonds. The Morgan fingerprint density at radius 2 is 2.19 bits per heavy atom. The standard InChI is InChI=1S/C11H13BrN4/c1-6-3-9-14-11(8-4-13-5-8)15-16(9)10(12)7(6)2/h3,8,13H,4-5H2,1-2H3. The minimum absolute atomic E-state index is 0.479. The van der Waals surface area contributed by atoms with Gasteiger partial charge in [0.15, 0.2) is 11.5 Å². The minimum Gasteiger partial charge on any atom is -0.315 e. The van der Waals surface area contributed by atoms with Crippen LogP contribution in [0.1, 0.15) is 22.9 Å². The maximum atomic E-state index is 4.58. The maximum absolute atomic E-state index is 4.58. The van der Waals surface area contributed by atoms with E-state index in [-0.39, 0.29) is 0 Å². The average Bonchev–Trinajstić information content (AvgIpc) is 2.55. The SMILES string of the molecule is Cc1cc2nc(C3CNC3)nn2c(Br)c1C. The third kappa shape index (κ3) is 1.38. The highest BCUT2D eigenvalue weighted by Gasteiger charge is 2.24. The summed E-state index contributed by atoms with van der Waals surface area (Å²) in [5.74, 6) is 1.43. The van der Waals surface area contributed by atoms with Gasteiger partial charge in [0, 0.05) is 19.0 Å². The molecule has 0 radical (unpaired) electrons. The molecular weight excluding hydrogens is 268 g/mol. The van der Waals surface area contributed by atoms with Gasteiger partial charge >= 0.3 is 0 Å². The van der Waals surface area contributed by atoms with Crippen molar-refractivity contribution in [3.63, 3.8) is 0 Å². The van der Waals surface area contributed by atoms with Gasteiger partial charge in [-0.25, -0.2) is 9.50 Å². The molecule has 0 bridgehead atoms. The first-order valence-corrected chi connectivity index (χ1v) is 6.19. The molecule has 0 saturated carbocycles. The summed E-state index contributed by atoms with van der Waals surface area (Å²) in [5.41, 5.74) is 3.39. The van der Waals surface area contributed by atoms with Gasteiger partial charge in [-0.2, -0.15) is 0 Å². The highest BCUT2D eigenvalue weighted by atomic mass is 79.9. The van der Waals surface area contributed by atoms with Crippen LogP contribution in [0.3, 0.4) is 0 Å². The fourth-order valence-electron chi connectivity index (χ4n) is 1.85. The van der Waals surface area contributed by atoms with Crippen molar-refractivity contribution in [3.8, 4) is 0 Å². The van der Waals surface area contributed by atoms with Crippen LogP contribution in [0.5, 0.6) is 0 Å². The van der Waals surface area contributed by atoms with Gasteiger partial charge in [-0.1, -0.05) is 0 Å². The first-order chi connectivity index (χ1) is 7.66. The van der Waals surface area contributed by atoms with E-state index in [9.17, 15) is 0 Å². The topological polar surface area (TPSA) is 42.2 Å². The monoisotopic (exact) mass is 280 g/mol. The Hall–Kier alpha value is -0.940. The Bertz CT molecular complexity index is 557. The van der Waals surface area contributed by atoms with E-state index in [1.165, 1.54) is 11.1 Å². The van der Waals surface area contributed by atoms with Crippen molar-refractivity contribution in [2.45, 2.75) is 19.8 Å². The summed E-state index contributed by atoms with van der Waals surface area (Å²) in [6, 6.07) is 2.09. The Morgan fingerprint density at radius 1 is 1.44 bits per heavy atom. The third-order valence-corrected chi connectivity index (χ3v) is 4.16. The van der Waals surface area contributed by atoms with Crippen molar-refractivity contribution in [2.24, 2.45) is 0 Å². The second kappa shape index (κ2) is 3.53. The summed E-state index contributed by atoms with van der Waals surface area (Å²) in [4.78, 5) is 4.58. The summed E-state index contributed by atoms with van der Waals surface area (Å²) in [5, 5.41) is 7.80. The van der Waals surface area contributed by atoms with Gasteiger partial charge in [0.05, 0.1) is 0 Å². The van der Waals surface area contributed by atoms with E-state index < -0.39 is 0 Å². The van der Waals surface area contributed by atoms with Crippen LogP contribution >= 0.6 is 15.9 Å². The number of hydrogen-bond acceptors (Lipinski definition) is 3. The summed E-state index contributed by atoms with van der Waals surface area (Å²) in [7, 11) is 0. The number of nitrogens with one attached hydrogen (secondary N) is 1. The van der Waals surface area contributed by atoms with Crippen molar-refractivity contribution < 1.29 is 0 Å². The summed E-state index contributed by atoms with van der Waals surface area (Å²) in [6.45, 7) is 6.17. The predicted octanol–water partition coefficient (Wildman–Crippen LogP) is 1.80. The van der Waals surface area contributed by atoms with Crippen molar-refractivity contribution in [3.05, 3.63) is 27.6 Å². The second-order valence-corrected chi connectivity index (χ2v) is 5.09. The third-order valence-electron chi connectivity index (χ3n) is 3.23. The van der Waals surface area contributed by atoms with Crippen LogP contribution in [-0.2, 0) is 0 Å². The van der Waals surface area contributed by atoms with Crippen molar-refractivity contribution in [1.82, 2.24) is 19.9 Å². The lowest BCUT2D eigenvalue weighted by Crippen LogP contribution is -2.40. The molecule has 16 heavy (non-hydrogen) atoms. The number of nitrogens with zero attached hydrogens (tertiary/aromatic N) is 3. The summed E-state index contributed by atoms with van der Waals surface area (Å²) >= 11 is 3.58. The number of fused-ring (bicyclic) bond motifs is 1. The van der Waals surface area contributed by atoms with Gasteiger partial charge in [0.2, 0.25) is 0 Å². The van der Waals surface area contributed by atoms with E-state index in [2.05, 4.69) is 51.2 Å². The molecule has 1 fully saturated rings. The van der Waals surface area contributed by atoms with Crippen LogP contribution in [0.2, 0.25) is 0 Å². The number of aromatic nitrogens is 3. The smallest absolute Gasteiger partial charge is 0.157 e. The van der Waals surface area contributed by atoms with Gasteiger partial charge in [-0.15, -0.1) is 5.10 Å². The molecule has 4 nitrogen and oxygen atoms in total. The largest absolute Gasteiger partial charge is 0.315 e. The molecular formula is C11H13BrN4. The van der Waals surface area contributed by atoms with Crippen LogP contribution in [0.15, 0.2) is 10.7 Å². The molecule has 5 heteroatoms. The highest BCUT2D eigenvalue weighted by Crippen LogP contribution is 2.23. The van der Waals surface area contributed by atoms with Gasteiger partial charge in [-0.05, 0) is 47.0 Å². The van der Waals surface area contributed by atoms with Gasteiger partial charge in [-0.3, -0.25) is 0 Å². The van der Waals surface area contributed by atoms with Crippen LogP contribution in [0, 0.1) is 13.8 Å². The Kier molecular flexibility index (Phi) is 2.26. The molecule has 1 aliphatic rings. The van der Waals surface area contributed by atoms with Gasteiger partial charge < -0.3 is 5.32 Å². The lowest BCUT2D eigenvalue weighted by atomic mass is 10.0. The molecule has 3 heterocycles. The number of aryl methyl sites for hydroxylation is 1. The predicted molar refractivity (Wildman–Crippen MR) is 65.8 cm³/mol. The van der Waals surface area contributed by atoms with Crippen LogP contribution in [-0.4, -0.2) is 27.7 Å². The molecule has 1 aliphatic heterocycles. The Balaban J connectivity index is 2.20. The number of rotatable bonds is 1. The number of pyridine rings is 1. The first-order valence-electron chi connectivity index (χ1n) is 5.40. The van der Waals surface area contributed by atoms with E-state index in [1.54, 1.807) is 0 Å². The van der Waals surface area contributed by atoms with Crippen molar-refractivity contribution >= 4 is 21.6 Å². The lowest BCUT2D eigenvalue weighted by Gasteiger charge is -2.23. The molecule has 3 rings (SSSR count). The molecule has 1 N–H and O–H groups in total. The Labute approximate surface area is 102 Å². The summed E-state index contributed by atoms with van der Waals surface area (Å²) < 4.78 is 2.89. The zero-order valence-electron chi connectivity index (χ0n) is 9.29. The fourth-order valence-corrected chi connectivity index (χ4v) is 2.42. The van der Waals surface area contributed by atoms with E-state index in [4.69, 9.17) is 0 Å². The molecule has 1 saturated heterocycles. The molecule has 0 atom stereocenters. The summed E-state index contributed by atoms with van der Waals surface area (Å²) in [6.07, 6.45) is 0. The molecule has 2 aromatic rings. The van der Waals surface area contributed by atoms with Gasteiger partial charge in [0.1, 0.15) is 4.60 Å². The fraction of sp³-hybridized carbons (Fsp3) is 0.455. The minimum atomic E-state index is 0.479. The molecule has 84 valence electrons. The van der Waals surface area contributed by atoms with Crippen LogP contribution in [0.4, 0.5) is 0 Å². The molecule has 0 spiro atoms. The number of hydrogen-bond donors (Lipinski definition) is 1. The van der Waals surface area contributed by atoms with Crippen LogP contribution in [0.25, 0.3) is 5.65 Å². The van der Waals surface area contributed by atoms with Crippen molar-refractivity contribution in [2.75, 3.05) is 13.1 Å². The highest BCUT2D eigenvalue weighted by molar-refractivity contribution is 9.10. The van der Waals surface area contributed by atoms with Crippen LogP contribution < -0.4 is 5.32 Å². The first kappa shape index (κ1) is 10.2. The molecule has 2 aromatic heterocycles. The van der Waals surface area contributed by atoms with E-state index in [0.717, 1.165) is 29.2 Å².